The maximum Gasteiger partial charge on any atom is 0.243 e. The summed E-state index contributed by atoms with van der Waals surface area (Å²) < 4.78 is 27.3. The molecule has 0 unspecified atom stereocenters. The number of benzene rings is 3. The van der Waals surface area contributed by atoms with Gasteiger partial charge in [-0.2, -0.15) is 4.31 Å². The lowest BCUT2D eigenvalue weighted by atomic mass is 9.98. The van der Waals surface area contributed by atoms with Crippen LogP contribution in [0.25, 0.3) is 10.8 Å². The van der Waals surface area contributed by atoms with E-state index in [1.54, 1.807) is 12.1 Å². The van der Waals surface area contributed by atoms with Gasteiger partial charge in [0.2, 0.25) is 15.9 Å². The number of sulfonamides is 1. The average molecular weight is 443 g/mol. The third-order valence-electron chi connectivity index (χ3n) is 5.54. The van der Waals surface area contributed by atoms with Crippen molar-refractivity contribution in [3.05, 3.63) is 77.3 Å². The third kappa shape index (κ3) is 4.36. The molecule has 3 aromatic carbocycles. The molecule has 156 valence electrons. The van der Waals surface area contributed by atoms with Crippen molar-refractivity contribution in [2.75, 3.05) is 13.1 Å². The Morgan fingerprint density at radius 3 is 2.57 bits per heavy atom. The molecule has 0 saturated carbocycles. The normalized spacial score (nSPS) is 17.7. The predicted octanol–water partition coefficient (Wildman–Crippen LogP) is 4.21. The summed E-state index contributed by atoms with van der Waals surface area (Å²) >= 11 is 5.87. The molecule has 3 aromatic rings. The van der Waals surface area contributed by atoms with Crippen LogP contribution in [0.2, 0.25) is 5.02 Å². The molecule has 1 aliphatic rings. The van der Waals surface area contributed by atoms with Crippen LogP contribution in [0.4, 0.5) is 0 Å². The molecule has 0 aliphatic carbocycles. The van der Waals surface area contributed by atoms with E-state index in [0.29, 0.717) is 31.0 Å². The van der Waals surface area contributed by atoms with E-state index in [-0.39, 0.29) is 23.3 Å². The highest BCUT2D eigenvalue weighted by atomic mass is 35.5. The van der Waals surface area contributed by atoms with E-state index in [1.165, 1.54) is 16.4 Å². The van der Waals surface area contributed by atoms with Gasteiger partial charge in [-0.25, -0.2) is 8.42 Å². The van der Waals surface area contributed by atoms with E-state index in [9.17, 15) is 13.2 Å². The summed E-state index contributed by atoms with van der Waals surface area (Å²) in [6.45, 7) is 1.02. The number of rotatable bonds is 5. The Balaban J connectivity index is 1.44. The van der Waals surface area contributed by atoms with Crippen LogP contribution in [-0.4, -0.2) is 31.7 Å². The Hall–Kier alpha value is -2.41. The second-order valence-electron chi connectivity index (χ2n) is 7.51. The molecular weight excluding hydrogens is 420 g/mol. The molecule has 0 aromatic heterocycles. The molecule has 1 atom stereocenters. The number of fused-ring (bicyclic) bond motifs is 1. The maximum absolute atomic E-state index is 12.9. The van der Waals surface area contributed by atoms with Gasteiger partial charge in [-0.1, -0.05) is 54.1 Å². The molecule has 1 N–H and O–H groups in total. The van der Waals surface area contributed by atoms with Gasteiger partial charge >= 0.3 is 0 Å². The minimum Gasteiger partial charge on any atom is -0.352 e. The second kappa shape index (κ2) is 8.76. The summed E-state index contributed by atoms with van der Waals surface area (Å²) in [5.41, 5.74) is 1.04. The van der Waals surface area contributed by atoms with Crippen molar-refractivity contribution in [2.45, 2.75) is 24.3 Å². The Kier molecular flexibility index (Phi) is 6.09. The number of halogens is 1. The summed E-state index contributed by atoms with van der Waals surface area (Å²) in [5.74, 6) is -0.477. The Bertz CT molecular complexity index is 1160. The molecule has 1 heterocycles. The van der Waals surface area contributed by atoms with Gasteiger partial charge in [-0.15, -0.1) is 0 Å². The smallest absolute Gasteiger partial charge is 0.243 e. The maximum atomic E-state index is 12.9. The predicted molar refractivity (Wildman–Crippen MR) is 119 cm³/mol. The molecule has 4 rings (SSSR count). The summed E-state index contributed by atoms with van der Waals surface area (Å²) in [5, 5.41) is 5.72. The first-order valence-corrected chi connectivity index (χ1v) is 11.8. The van der Waals surface area contributed by atoms with Crippen LogP contribution in [0, 0.1) is 5.92 Å². The summed E-state index contributed by atoms with van der Waals surface area (Å²) in [6, 6.07) is 20.2. The van der Waals surface area contributed by atoms with E-state index in [1.807, 2.05) is 42.5 Å². The van der Waals surface area contributed by atoms with E-state index < -0.39 is 10.0 Å². The lowest BCUT2D eigenvalue weighted by Gasteiger charge is -2.31. The highest BCUT2D eigenvalue weighted by Gasteiger charge is 2.33. The fourth-order valence-corrected chi connectivity index (χ4v) is 5.55. The first-order valence-electron chi connectivity index (χ1n) is 9.95. The first kappa shape index (κ1) is 20.8. The number of nitrogens with zero attached hydrogens (tertiary/aromatic N) is 1. The number of hydrogen-bond donors (Lipinski definition) is 1. The number of carbonyl (C=O) groups excluding carboxylic acids is 1. The van der Waals surface area contributed by atoms with Crippen LogP contribution >= 0.6 is 11.6 Å². The number of amides is 1. The Morgan fingerprint density at radius 2 is 1.77 bits per heavy atom. The molecule has 7 heteroatoms. The highest BCUT2D eigenvalue weighted by molar-refractivity contribution is 7.89. The zero-order valence-corrected chi connectivity index (χ0v) is 18.0. The zero-order valence-electron chi connectivity index (χ0n) is 16.4. The average Bonchev–Trinajstić information content (AvgIpc) is 2.78. The minimum absolute atomic E-state index is 0.112. The molecular formula is C23H23ClN2O3S. The fraction of sp³-hybridized carbons (Fsp3) is 0.261. The minimum atomic E-state index is -3.65. The molecule has 1 fully saturated rings. The Morgan fingerprint density at radius 1 is 1.03 bits per heavy atom. The van der Waals surface area contributed by atoms with Crippen molar-refractivity contribution >= 4 is 38.3 Å². The van der Waals surface area contributed by atoms with Gasteiger partial charge in [-0.3, -0.25) is 4.79 Å². The Labute approximate surface area is 181 Å². The van der Waals surface area contributed by atoms with Gasteiger partial charge in [0, 0.05) is 24.7 Å². The largest absolute Gasteiger partial charge is 0.352 e. The van der Waals surface area contributed by atoms with Gasteiger partial charge in [0.25, 0.3) is 0 Å². The zero-order chi connectivity index (χ0) is 21.1. The van der Waals surface area contributed by atoms with Crippen LogP contribution in [0.15, 0.2) is 71.6 Å². The SMILES string of the molecule is O=C(NCc1cccc2ccccc12)[C@H]1CCCN(S(=O)(=O)c2ccc(Cl)cc2)C1. The van der Waals surface area contributed by atoms with Crippen LogP contribution < -0.4 is 5.32 Å². The van der Waals surface area contributed by atoms with Crippen molar-refractivity contribution in [3.63, 3.8) is 0 Å². The first-order chi connectivity index (χ1) is 14.4. The van der Waals surface area contributed by atoms with E-state index in [2.05, 4.69) is 5.32 Å². The molecule has 0 radical (unpaired) electrons. The topological polar surface area (TPSA) is 66.5 Å². The van der Waals surface area contributed by atoms with Crippen LogP contribution in [0.3, 0.4) is 0 Å². The molecule has 5 nitrogen and oxygen atoms in total. The molecule has 30 heavy (non-hydrogen) atoms. The van der Waals surface area contributed by atoms with E-state index in [4.69, 9.17) is 11.6 Å². The number of nitrogens with one attached hydrogen (secondary N) is 1. The lowest BCUT2D eigenvalue weighted by molar-refractivity contribution is -0.126. The molecule has 1 amide bonds. The lowest BCUT2D eigenvalue weighted by Crippen LogP contribution is -2.45. The van der Waals surface area contributed by atoms with Crippen molar-refractivity contribution in [2.24, 2.45) is 5.92 Å². The summed E-state index contributed by atoms with van der Waals surface area (Å²) in [7, 11) is -3.65. The monoisotopic (exact) mass is 442 g/mol. The van der Waals surface area contributed by atoms with Crippen LogP contribution in [0.5, 0.6) is 0 Å². The molecule has 1 saturated heterocycles. The molecule has 0 bridgehead atoms. The van der Waals surface area contributed by atoms with Crippen molar-refractivity contribution in [3.8, 4) is 0 Å². The third-order valence-corrected chi connectivity index (χ3v) is 7.67. The van der Waals surface area contributed by atoms with Crippen molar-refractivity contribution in [1.82, 2.24) is 9.62 Å². The van der Waals surface area contributed by atoms with Gasteiger partial charge in [0.05, 0.1) is 10.8 Å². The quantitative estimate of drug-likeness (QED) is 0.643. The van der Waals surface area contributed by atoms with Gasteiger partial charge in [-0.05, 0) is 53.4 Å². The highest BCUT2D eigenvalue weighted by Crippen LogP contribution is 2.25. The van der Waals surface area contributed by atoms with Crippen LogP contribution in [-0.2, 0) is 21.4 Å². The van der Waals surface area contributed by atoms with Crippen molar-refractivity contribution in [1.29, 1.82) is 0 Å². The van der Waals surface area contributed by atoms with E-state index >= 15 is 0 Å². The molecule has 1 aliphatic heterocycles. The van der Waals surface area contributed by atoms with Crippen LogP contribution in [0.1, 0.15) is 18.4 Å². The number of hydrogen-bond acceptors (Lipinski definition) is 3. The second-order valence-corrected chi connectivity index (χ2v) is 9.89. The van der Waals surface area contributed by atoms with Gasteiger partial charge < -0.3 is 5.32 Å². The van der Waals surface area contributed by atoms with Gasteiger partial charge in [0.1, 0.15) is 0 Å². The standard InChI is InChI=1S/C23H23ClN2O3S/c24-20-10-12-21(13-11-20)30(28,29)26-14-4-8-19(16-26)23(27)25-15-18-7-3-6-17-5-1-2-9-22(17)18/h1-3,5-7,9-13,19H,4,8,14-16H2,(H,25,27)/t19-/m0/s1. The van der Waals surface area contributed by atoms with Gasteiger partial charge in [0.15, 0.2) is 0 Å². The summed E-state index contributed by atoms with van der Waals surface area (Å²) in [4.78, 5) is 13.0. The van der Waals surface area contributed by atoms with E-state index in [0.717, 1.165) is 16.3 Å². The number of carbonyl (C=O) groups is 1. The molecule has 0 spiro atoms. The summed E-state index contributed by atoms with van der Waals surface area (Å²) in [6.07, 6.45) is 1.33. The van der Waals surface area contributed by atoms with Crippen molar-refractivity contribution < 1.29 is 13.2 Å². The number of piperidine rings is 1. The fourth-order valence-electron chi connectivity index (χ4n) is 3.90.